The second-order valence-electron chi connectivity index (χ2n) is 7.32. The van der Waals surface area contributed by atoms with Gasteiger partial charge >= 0.3 is 0 Å². The molecule has 7 heteroatoms. The van der Waals surface area contributed by atoms with E-state index < -0.39 is 12.0 Å². The van der Waals surface area contributed by atoms with Gasteiger partial charge in [-0.1, -0.05) is 0 Å². The molecule has 3 fully saturated rings. The summed E-state index contributed by atoms with van der Waals surface area (Å²) in [5.74, 6) is -2.53. The molecule has 23 heavy (non-hydrogen) atoms. The third-order valence-corrected chi connectivity index (χ3v) is 5.68. The van der Waals surface area contributed by atoms with Crippen LogP contribution in [0.15, 0.2) is 12.3 Å². The highest BCUT2D eigenvalue weighted by molar-refractivity contribution is 5.79. The minimum absolute atomic E-state index is 0.0458. The first kappa shape index (κ1) is 15.1. The van der Waals surface area contributed by atoms with Gasteiger partial charge in [0, 0.05) is 18.5 Å². The Hall–Kier alpha value is -1.50. The van der Waals surface area contributed by atoms with Gasteiger partial charge in [-0.25, -0.2) is 8.78 Å². The molecular weight excluding hydrogens is 302 g/mol. The van der Waals surface area contributed by atoms with Crippen molar-refractivity contribution in [2.45, 2.75) is 50.6 Å². The number of carbonyl (C=O) groups is 1. The molecule has 4 rings (SSSR count). The van der Waals surface area contributed by atoms with Crippen LogP contribution in [0.3, 0.4) is 0 Å². The molecule has 1 aromatic heterocycles. The molecule has 5 nitrogen and oxygen atoms in total. The zero-order chi connectivity index (χ0) is 16.1. The number of amides is 1. The zero-order valence-electron chi connectivity index (χ0n) is 13.0. The Labute approximate surface area is 133 Å². The molecular formula is C16H22F2N4O. The normalized spacial score (nSPS) is 28.3. The molecule has 0 radical (unpaired) electrons. The predicted molar refractivity (Wildman–Crippen MR) is 79.9 cm³/mol. The highest BCUT2D eigenvalue weighted by Gasteiger charge is 2.59. The topological polar surface area (TPSA) is 59.0 Å². The lowest BCUT2D eigenvalue weighted by Gasteiger charge is -2.49. The summed E-state index contributed by atoms with van der Waals surface area (Å²) in [5, 5.41) is 10.2. The Morgan fingerprint density at radius 1 is 1.35 bits per heavy atom. The van der Waals surface area contributed by atoms with E-state index in [1.807, 2.05) is 0 Å². The second kappa shape index (κ2) is 5.26. The number of hydrogen-bond acceptors (Lipinski definition) is 3. The van der Waals surface area contributed by atoms with Gasteiger partial charge < -0.3 is 10.6 Å². The van der Waals surface area contributed by atoms with Crippen molar-refractivity contribution in [1.29, 1.82) is 0 Å². The molecule has 1 amide bonds. The number of nitrogens with one attached hydrogen (secondary N) is 2. The number of piperidine rings is 1. The summed E-state index contributed by atoms with van der Waals surface area (Å²) < 4.78 is 27.7. The third kappa shape index (κ3) is 2.75. The quantitative estimate of drug-likeness (QED) is 0.889. The fourth-order valence-corrected chi connectivity index (χ4v) is 4.08. The fourth-order valence-electron chi connectivity index (χ4n) is 4.08. The fraction of sp³-hybridized carbons (Fsp3) is 0.750. The Kier molecular flexibility index (Phi) is 3.44. The summed E-state index contributed by atoms with van der Waals surface area (Å²) in [6.45, 7) is 2.36. The Morgan fingerprint density at radius 2 is 2.04 bits per heavy atom. The minimum Gasteiger partial charge on any atom is -0.350 e. The lowest BCUT2D eigenvalue weighted by molar-refractivity contribution is -0.134. The van der Waals surface area contributed by atoms with Gasteiger partial charge in [0.15, 0.2) is 0 Å². The third-order valence-electron chi connectivity index (χ3n) is 5.68. The molecule has 3 aliphatic rings. The SMILES string of the molecule is O=C(NCc1ccnn1C1CC1(F)F)C1CC2(CCNCC2)C1. The number of carbonyl (C=O) groups excluding carboxylic acids is 1. The van der Waals surface area contributed by atoms with Crippen molar-refractivity contribution in [3.63, 3.8) is 0 Å². The lowest BCUT2D eigenvalue weighted by Crippen LogP contribution is -2.50. The largest absolute Gasteiger partial charge is 0.350 e. The number of aromatic nitrogens is 2. The summed E-state index contributed by atoms with van der Waals surface area (Å²) in [6, 6.07) is 0.857. The first-order chi connectivity index (χ1) is 11.0. The van der Waals surface area contributed by atoms with E-state index in [2.05, 4.69) is 15.7 Å². The molecule has 126 valence electrons. The number of halogens is 2. The van der Waals surface area contributed by atoms with Crippen LogP contribution in [-0.4, -0.2) is 34.7 Å². The molecule has 1 unspecified atom stereocenters. The molecule has 1 spiro atoms. The molecule has 1 aromatic rings. The van der Waals surface area contributed by atoms with E-state index in [0.717, 1.165) is 38.8 Å². The maximum Gasteiger partial charge on any atom is 0.272 e. The van der Waals surface area contributed by atoms with Crippen LogP contribution < -0.4 is 10.6 Å². The van der Waals surface area contributed by atoms with Crippen molar-refractivity contribution >= 4 is 5.91 Å². The van der Waals surface area contributed by atoms with E-state index in [0.29, 0.717) is 11.1 Å². The first-order valence-electron chi connectivity index (χ1n) is 8.38. The van der Waals surface area contributed by atoms with Crippen molar-refractivity contribution in [2.24, 2.45) is 11.3 Å². The van der Waals surface area contributed by atoms with E-state index in [1.54, 1.807) is 6.07 Å². The number of rotatable bonds is 4. The molecule has 1 saturated heterocycles. The lowest BCUT2D eigenvalue weighted by atomic mass is 9.57. The highest BCUT2D eigenvalue weighted by Crippen LogP contribution is 2.53. The van der Waals surface area contributed by atoms with Gasteiger partial charge in [-0.2, -0.15) is 5.10 Å². The van der Waals surface area contributed by atoms with Crippen molar-refractivity contribution < 1.29 is 13.6 Å². The molecule has 0 bridgehead atoms. The molecule has 0 aromatic carbocycles. The Balaban J connectivity index is 1.29. The molecule has 2 aliphatic carbocycles. The van der Waals surface area contributed by atoms with Crippen molar-refractivity contribution in [2.75, 3.05) is 13.1 Å². The zero-order valence-corrected chi connectivity index (χ0v) is 13.0. The summed E-state index contributed by atoms with van der Waals surface area (Å²) in [6.07, 6.45) is 5.58. The standard InChI is InChI=1S/C16H22F2N4O/c17-16(18)9-13(16)22-12(1-4-21-22)10-20-14(23)11-7-15(8-11)2-5-19-6-3-15/h1,4,11,13,19H,2-3,5-10H2,(H,20,23). The van der Waals surface area contributed by atoms with Crippen LogP contribution in [0.25, 0.3) is 0 Å². The summed E-state index contributed by atoms with van der Waals surface area (Å²) >= 11 is 0. The van der Waals surface area contributed by atoms with Crippen molar-refractivity contribution in [3.8, 4) is 0 Å². The second-order valence-corrected chi connectivity index (χ2v) is 7.32. The van der Waals surface area contributed by atoms with Crippen LogP contribution in [0, 0.1) is 11.3 Å². The van der Waals surface area contributed by atoms with Gasteiger partial charge in [0.2, 0.25) is 5.91 Å². The van der Waals surface area contributed by atoms with E-state index in [4.69, 9.17) is 0 Å². The Morgan fingerprint density at radius 3 is 2.70 bits per heavy atom. The maximum atomic E-state index is 13.2. The highest BCUT2D eigenvalue weighted by atomic mass is 19.3. The summed E-state index contributed by atoms with van der Waals surface area (Å²) in [4.78, 5) is 12.3. The monoisotopic (exact) mass is 324 g/mol. The number of alkyl halides is 2. The first-order valence-corrected chi connectivity index (χ1v) is 8.38. The van der Waals surface area contributed by atoms with Gasteiger partial charge in [0.05, 0.1) is 12.2 Å². The molecule has 2 N–H and O–H groups in total. The van der Waals surface area contributed by atoms with Crippen LogP contribution >= 0.6 is 0 Å². The van der Waals surface area contributed by atoms with Crippen LogP contribution in [0.5, 0.6) is 0 Å². The minimum atomic E-state index is -2.65. The Bertz CT molecular complexity index is 601. The van der Waals surface area contributed by atoms with E-state index in [-0.39, 0.29) is 24.8 Å². The van der Waals surface area contributed by atoms with Crippen molar-refractivity contribution in [3.05, 3.63) is 18.0 Å². The van der Waals surface area contributed by atoms with E-state index in [1.165, 1.54) is 10.9 Å². The van der Waals surface area contributed by atoms with Crippen LogP contribution in [0.4, 0.5) is 8.78 Å². The van der Waals surface area contributed by atoms with Crippen molar-refractivity contribution in [1.82, 2.24) is 20.4 Å². The molecule has 1 aliphatic heterocycles. The summed E-state index contributed by atoms with van der Waals surface area (Å²) in [5.41, 5.74) is 1.02. The number of nitrogens with zero attached hydrogens (tertiary/aromatic N) is 2. The van der Waals surface area contributed by atoms with Crippen LogP contribution in [0.2, 0.25) is 0 Å². The van der Waals surface area contributed by atoms with Gasteiger partial charge in [-0.15, -0.1) is 0 Å². The average molecular weight is 324 g/mol. The number of hydrogen-bond donors (Lipinski definition) is 2. The van der Waals surface area contributed by atoms with Gasteiger partial charge in [-0.3, -0.25) is 9.48 Å². The predicted octanol–water partition coefficient (Wildman–Crippen LogP) is 1.86. The van der Waals surface area contributed by atoms with E-state index >= 15 is 0 Å². The van der Waals surface area contributed by atoms with E-state index in [9.17, 15) is 13.6 Å². The van der Waals surface area contributed by atoms with Gasteiger partial charge in [0.1, 0.15) is 6.04 Å². The maximum absolute atomic E-state index is 13.2. The average Bonchev–Trinajstić information content (AvgIpc) is 2.94. The molecule has 2 saturated carbocycles. The molecule has 2 heterocycles. The van der Waals surface area contributed by atoms with Crippen LogP contribution in [0.1, 0.15) is 43.8 Å². The van der Waals surface area contributed by atoms with Gasteiger partial charge in [-0.05, 0) is 50.3 Å². The van der Waals surface area contributed by atoms with Gasteiger partial charge in [0.25, 0.3) is 5.92 Å². The van der Waals surface area contributed by atoms with Crippen LogP contribution in [-0.2, 0) is 11.3 Å². The molecule has 1 atom stereocenters. The summed E-state index contributed by atoms with van der Waals surface area (Å²) in [7, 11) is 0. The smallest absolute Gasteiger partial charge is 0.272 e.